The highest BCUT2D eigenvalue weighted by atomic mass is 16.7. The fourth-order valence-electron chi connectivity index (χ4n) is 4.15. The molecule has 3 saturated heterocycles. The lowest BCUT2D eigenvalue weighted by Crippen LogP contribution is -2.61. The molecule has 3 aliphatic rings. The minimum absolute atomic E-state index is 0.321. The maximum Gasteiger partial charge on any atom is 0.187 e. The Hall–Kier alpha value is -0.700. The summed E-state index contributed by atoms with van der Waals surface area (Å²) >= 11 is 0. The van der Waals surface area contributed by atoms with Crippen molar-refractivity contribution in [1.29, 1.82) is 0 Å². The van der Waals surface area contributed by atoms with Crippen molar-refractivity contribution >= 4 is 0 Å². The predicted octanol–water partition coefficient (Wildman–Crippen LogP) is -1.83. The zero-order chi connectivity index (χ0) is 23.9. The number of aliphatic hydroxyl groups excluding tert-OH is 5. The van der Waals surface area contributed by atoms with Gasteiger partial charge in [0.05, 0.1) is 37.1 Å². The Kier molecular flexibility index (Phi) is 7.70. The summed E-state index contributed by atoms with van der Waals surface area (Å²) in [5.74, 6) is 0. The van der Waals surface area contributed by atoms with Gasteiger partial charge in [-0.05, 0) is 33.6 Å². The second-order valence-electron chi connectivity index (χ2n) is 9.62. The van der Waals surface area contributed by atoms with Crippen LogP contribution in [-0.4, -0.2) is 116 Å². The molecule has 0 spiro atoms. The van der Waals surface area contributed by atoms with Gasteiger partial charge in [0, 0.05) is 0 Å². The summed E-state index contributed by atoms with van der Waals surface area (Å²) in [6, 6.07) is 0. The van der Waals surface area contributed by atoms with Crippen molar-refractivity contribution in [3.8, 4) is 0 Å². The molecule has 11 heteroatoms. The van der Waals surface area contributed by atoms with Crippen molar-refractivity contribution in [3.63, 3.8) is 0 Å². The van der Waals surface area contributed by atoms with E-state index >= 15 is 0 Å². The molecule has 0 aromatic rings. The van der Waals surface area contributed by atoms with E-state index < -0.39 is 66.5 Å². The van der Waals surface area contributed by atoms with Gasteiger partial charge < -0.3 is 54.3 Å². The lowest BCUT2D eigenvalue weighted by atomic mass is 9.95. The van der Waals surface area contributed by atoms with Crippen molar-refractivity contribution in [3.05, 3.63) is 12.7 Å². The van der Waals surface area contributed by atoms with Crippen molar-refractivity contribution in [2.75, 3.05) is 19.8 Å². The molecule has 0 amide bonds. The Balaban J connectivity index is 1.62. The summed E-state index contributed by atoms with van der Waals surface area (Å²) in [5, 5.41) is 60.4. The molecule has 3 aliphatic heterocycles. The summed E-state index contributed by atoms with van der Waals surface area (Å²) in [6.07, 6.45) is -6.96. The molecule has 6 N–H and O–H groups in total. The summed E-state index contributed by atoms with van der Waals surface area (Å²) in [4.78, 5) is 0. The Labute approximate surface area is 187 Å². The van der Waals surface area contributed by atoms with Gasteiger partial charge in [-0.2, -0.15) is 0 Å². The van der Waals surface area contributed by atoms with Gasteiger partial charge in [-0.25, -0.2) is 0 Å². The number of rotatable bonds is 8. The van der Waals surface area contributed by atoms with Crippen molar-refractivity contribution in [1.82, 2.24) is 0 Å². The quantitative estimate of drug-likeness (QED) is 0.224. The highest BCUT2D eigenvalue weighted by molar-refractivity contribution is 5.02. The third-order valence-corrected chi connectivity index (χ3v) is 6.61. The summed E-state index contributed by atoms with van der Waals surface area (Å²) in [6.45, 7) is 7.88. The van der Waals surface area contributed by atoms with Crippen LogP contribution in [0.4, 0.5) is 0 Å². The number of hydrogen-bond acceptors (Lipinski definition) is 11. The lowest BCUT2D eigenvalue weighted by molar-refractivity contribution is -0.338. The van der Waals surface area contributed by atoms with Gasteiger partial charge in [-0.3, -0.25) is 0 Å². The van der Waals surface area contributed by atoms with Crippen LogP contribution in [0.15, 0.2) is 12.7 Å². The third-order valence-electron chi connectivity index (χ3n) is 6.61. The van der Waals surface area contributed by atoms with E-state index in [4.69, 9.17) is 23.7 Å². The molecule has 186 valence electrons. The molecule has 0 aromatic heterocycles. The molecule has 3 heterocycles. The average Bonchev–Trinajstić information content (AvgIpc) is 3.30. The van der Waals surface area contributed by atoms with Gasteiger partial charge in [-0.1, -0.05) is 6.08 Å². The standard InChI is InChI=1S/C21H36O11/c1-5-20(4)7-6-12(31-20)19(2,3)32-17-15(25)14(24)13(23)11(30-17)8-28-18-16(26)21(27,9-22)10-29-18/h5,11-18,22-27H,1,6-10H2,2-4H3/t11-,12-,13-,14+,15-,16+,17+,18-,20+,21-/m1/s1. The van der Waals surface area contributed by atoms with Gasteiger partial charge in [0.1, 0.15) is 36.1 Å². The fraction of sp³-hybridized carbons (Fsp3) is 0.905. The van der Waals surface area contributed by atoms with Crippen molar-refractivity contribution in [2.45, 2.75) is 99.6 Å². The van der Waals surface area contributed by atoms with Crippen LogP contribution in [0.25, 0.3) is 0 Å². The van der Waals surface area contributed by atoms with Gasteiger partial charge in [0.15, 0.2) is 12.6 Å². The third kappa shape index (κ3) is 5.03. The predicted molar refractivity (Wildman–Crippen MR) is 108 cm³/mol. The molecule has 0 radical (unpaired) electrons. The first-order chi connectivity index (χ1) is 14.9. The summed E-state index contributed by atoms with van der Waals surface area (Å²) in [7, 11) is 0. The van der Waals surface area contributed by atoms with E-state index in [-0.39, 0.29) is 19.3 Å². The maximum atomic E-state index is 10.4. The van der Waals surface area contributed by atoms with Gasteiger partial charge >= 0.3 is 0 Å². The second kappa shape index (κ2) is 9.51. The van der Waals surface area contributed by atoms with Crippen LogP contribution >= 0.6 is 0 Å². The number of aliphatic hydroxyl groups is 6. The smallest absolute Gasteiger partial charge is 0.187 e. The Morgan fingerprint density at radius 3 is 2.38 bits per heavy atom. The molecular weight excluding hydrogens is 428 g/mol. The molecule has 32 heavy (non-hydrogen) atoms. The van der Waals surface area contributed by atoms with Crippen LogP contribution in [0.2, 0.25) is 0 Å². The minimum atomic E-state index is -1.86. The van der Waals surface area contributed by atoms with E-state index in [1.54, 1.807) is 19.9 Å². The van der Waals surface area contributed by atoms with Crippen molar-refractivity contribution in [2.24, 2.45) is 0 Å². The van der Waals surface area contributed by atoms with Crippen LogP contribution in [-0.2, 0) is 23.7 Å². The van der Waals surface area contributed by atoms with Crippen LogP contribution in [0, 0.1) is 0 Å². The highest BCUT2D eigenvalue weighted by Gasteiger charge is 2.51. The van der Waals surface area contributed by atoms with E-state index in [2.05, 4.69) is 6.58 Å². The van der Waals surface area contributed by atoms with E-state index in [0.29, 0.717) is 6.42 Å². The molecule has 0 saturated carbocycles. The maximum absolute atomic E-state index is 10.4. The van der Waals surface area contributed by atoms with Gasteiger partial charge in [-0.15, -0.1) is 6.58 Å². The number of hydrogen-bond donors (Lipinski definition) is 6. The molecule has 11 nitrogen and oxygen atoms in total. The second-order valence-corrected chi connectivity index (χ2v) is 9.62. The monoisotopic (exact) mass is 464 g/mol. The first-order valence-corrected chi connectivity index (χ1v) is 10.8. The fourth-order valence-corrected chi connectivity index (χ4v) is 4.15. The van der Waals surface area contributed by atoms with E-state index in [1.165, 1.54) is 0 Å². The number of ether oxygens (including phenoxy) is 5. The normalized spacial score (nSPS) is 47.7. The Morgan fingerprint density at radius 2 is 1.81 bits per heavy atom. The highest BCUT2D eigenvalue weighted by Crippen LogP contribution is 2.39. The van der Waals surface area contributed by atoms with Crippen LogP contribution in [0.5, 0.6) is 0 Å². The van der Waals surface area contributed by atoms with E-state index in [0.717, 1.165) is 6.42 Å². The summed E-state index contributed by atoms with van der Waals surface area (Å²) < 4.78 is 28.3. The Bertz CT molecular complexity index is 660. The molecular formula is C21H36O11. The largest absolute Gasteiger partial charge is 0.393 e. The first kappa shape index (κ1) is 25.9. The zero-order valence-corrected chi connectivity index (χ0v) is 18.7. The van der Waals surface area contributed by atoms with Crippen LogP contribution in [0.1, 0.15) is 33.6 Å². The lowest BCUT2D eigenvalue weighted by Gasteiger charge is -2.44. The van der Waals surface area contributed by atoms with Crippen LogP contribution < -0.4 is 0 Å². The average molecular weight is 465 g/mol. The SMILES string of the molecule is C=C[C@@]1(C)CC[C@H](C(C)(C)O[C@@H]2O[C@H](CO[C@@H]3OC[C@](O)(CO)[C@H]3O)[C@@H](O)[C@H](O)[C@H]2O)O1. The molecule has 3 fully saturated rings. The first-order valence-electron chi connectivity index (χ1n) is 10.8. The van der Waals surface area contributed by atoms with Gasteiger partial charge in [0.25, 0.3) is 0 Å². The Morgan fingerprint density at radius 1 is 1.12 bits per heavy atom. The van der Waals surface area contributed by atoms with Crippen LogP contribution in [0.3, 0.4) is 0 Å². The van der Waals surface area contributed by atoms with E-state index in [1.807, 2.05) is 6.92 Å². The zero-order valence-electron chi connectivity index (χ0n) is 18.7. The molecule has 0 aromatic carbocycles. The molecule has 0 unspecified atom stereocenters. The van der Waals surface area contributed by atoms with Gasteiger partial charge in [0.2, 0.25) is 0 Å². The molecule has 10 atom stereocenters. The molecule has 0 aliphatic carbocycles. The topological polar surface area (TPSA) is 168 Å². The van der Waals surface area contributed by atoms with E-state index in [9.17, 15) is 30.6 Å². The minimum Gasteiger partial charge on any atom is -0.393 e. The van der Waals surface area contributed by atoms with Crippen molar-refractivity contribution < 1.29 is 54.3 Å². The molecule has 0 bridgehead atoms. The summed E-state index contributed by atoms with van der Waals surface area (Å²) in [5.41, 5.74) is -3.24. The molecule has 3 rings (SSSR count).